The normalized spacial score (nSPS) is 12.2. The molecule has 322 valence electrons. The molecule has 3 aromatic carbocycles. The first-order chi connectivity index (χ1) is 28.5. The summed E-state index contributed by atoms with van der Waals surface area (Å²) in [5.74, 6) is -4.26. The predicted octanol–water partition coefficient (Wildman–Crippen LogP) is 4.78. The molecule has 0 fully saturated rings. The molecule has 1 atom stereocenters. The van der Waals surface area contributed by atoms with Crippen LogP contribution < -0.4 is 26.0 Å². The fraction of sp³-hybridized carbons (Fsp3) is 0.308. The van der Waals surface area contributed by atoms with E-state index in [1.807, 2.05) is 4.72 Å². The van der Waals surface area contributed by atoms with Crippen LogP contribution in [0, 0.1) is 0 Å². The number of amides is 5. The number of carbonyl (C=O) groups is 6. The highest BCUT2D eigenvalue weighted by Gasteiger charge is 2.30. The number of nitrogens with zero attached hydrogens (tertiary/aromatic N) is 5. The molecule has 5 amide bonds. The summed E-state index contributed by atoms with van der Waals surface area (Å²) in [7, 11) is -3.83. The third kappa shape index (κ3) is 12.3. The maximum Gasteiger partial charge on any atom is 0.419 e. The van der Waals surface area contributed by atoms with Crippen LogP contribution in [-0.4, -0.2) is 92.0 Å². The number of fused-ring (bicyclic) bond motifs is 1. The van der Waals surface area contributed by atoms with Gasteiger partial charge in [0.25, 0.3) is 0 Å². The standard InChI is InChI=1S/C39H43ClN10O10S/c1-8-61(57,58)46-36(55)43-25-12-9-22(10-13-25)17-28(45-34(53)33(52)44-27-20-24(40)11-15-30(27)49-21-41-47-48-49)32(51)42-26-14-16-29-23(18-26)19-31(35(54)59-38(2,3)4)50(29)37(56)60-39(5,6)7/h9-16,18-21,28H,8,17H2,1-7H3,(H,42,51)(H,44,52)(H,45,53)(H2,43,46,55). The van der Waals surface area contributed by atoms with E-state index in [4.69, 9.17) is 21.1 Å². The van der Waals surface area contributed by atoms with Crippen molar-refractivity contribution in [1.82, 2.24) is 34.8 Å². The van der Waals surface area contributed by atoms with Gasteiger partial charge in [-0.25, -0.2) is 32.1 Å². The number of sulfonamides is 1. The molecule has 0 radical (unpaired) electrons. The van der Waals surface area contributed by atoms with Gasteiger partial charge >= 0.3 is 29.9 Å². The second kappa shape index (κ2) is 18.2. The monoisotopic (exact) mass is 878 g/mol. The molecule has 0 saturated carbocycles. The molecule has 2 heterocycles. The van der Waals surface area contributed by atoms with Crippen molar-refractivity contribution in [2.75, 3.05) is 21.7 Å². The number of aromatic nitrogens is 5. The first-order valence-electron chi connectivity index (χ1n) is 18.5. The van der Waals surface area contributed by atoms with Crippen molar-refractivity contribution in [3.05, 3.63) is 89.3 Å². The molecule has 20 nitrogen and oxygen atoms in total. The number of benzene rings is 3. The largest absolute Gasteiger partial charge is 0.455 e. The van der Waals surface area contributed by atoms with Gasteiger partial charge in [0.05, 0.1) is 22.6 Å². The van der Waals surface area contributed by atoms with Gasteiger partial charge in [0, 0.05) is 28.2 Å². The van der Waals surface area contributed by atoms with Gasteiger partial charge in [-0.15, -0.1) is 5.10 Å². The third-order valence-corrected chi connectivity index (χ3v) is 9.66. The van der Waals surface area contributed by atoms with Gasteiger partial charge in [-0.3, -0.25) is 14.4 Å². The third-order valence-electron chi connectivity index (χ3n) is 8.16. The fourth-order valence-electron chi connectivity index (χ4n) is 5.53. The Bertz CT molecular complexity index is 2600. The summed E-state index contributed by atoms with van der Waals surface area (Å²) in [5.41, 5.74) is -0.424. The smallest absolute Gasteiger partial charge is 0.419 e. The Morgan fingerprint density at radius 1 is 0.803 bits per heavy atom. The summed E-state index contributed by atoms with van der Waals surface area (Å²) in [6.45, 7) is 11.4. The van der Waals surface area contributed by atoms with Crippen LogP contribution in [0.5, 0.6) is 0 Å². The van der Waals surface area contributed by atoms with E-state index in [-0.39, 0.29) is 51.2 Å². The number of carbonyl (C=O) groups excluding carboxylic acids is 6. The maximum absolute atomic E-state index is 14.0. The lowest BCUT2D eigenvalue weighted by Crippen LogP contribution is -2.49. The fourth-order valence-corrected chi connectivity index (χ4v) is 6.18. The molecular weight excluding hydrogens is 836 g/mol. The highest BCUT2D eigenvalue weighted by molar-refractivity contribution is 7.90. The van der Waals surface area contributed by atoms with Gasteiger partial charge in [-0.1, -0.05) is 23.7 Å². The minimum Gasteiger partial charge on any atom is -0.455 e. The van der Waals surface area contributed by atoms with E-state index in [0.717, 1.165) is 4.57 Å². The molecule has 0 spiro atoms. The summed E-state index contributed by atoms with van der Waals surface area (Å²) >= 11 is 6.17. The Morgan fingerprint density at radius 2 is 1.48 bits per heavy atom. The summed E-state index contributed by atoms with van der Waals surface area (Å²) < 4.78 is 38.9. The van der Waals surface area contributed by atoms with Crippen LogP contribution >= 0.6 is 11.6 Å². The average molecular weight is 879 g/mol. The highest BCUT2D eigenvalue weighted by atomic mass is 35.5. The number of anilines is 3. The highest BCUT2D eigenvalue weighted by Crippen LogP contribution is 2.28. The van der Waals surface area contributed by atoms with Crippen molar-refractivity contribution in [2.45, 2.75) is 72.1 Å². The number of rotatable bonds is 11. The Labute approximate surface area is 354 Å². The summed E-state index contributed by atoms with van der Waals surface area (Å²) in [5, 5.41) is 21.6. The topological polar surface area (TPSA) is 264 Å². The van der Waals surface area contributed by atoms with Crippen LogP contribution in [0.15, 0.2) is 73.1 Å². The zero-order chi connectivity index (χ0) is 44.9. The van der Waals surface area contributed by atoms with Gasteiger partial charge < -0.3 is 30.7 Å². The summed E-state index contributed by atoms with van der Waals surface area (Å²) in [6, 6.07) is 13.8. The average Bonchev–Trinajstić information content (AvgIpc) is 3.82. The molecule has 0 bridgehead atoms. The number of halogens is 1. The van der Waals surface area contributed by atoms with Crippen LogP contribution in [0.3, 0.4) is 0 Å². The molecule has 22 heteroatoms. The molecule has 0 saturated heterocycles. The van der Waals surface area contributed by atoms with Crippen molar-refractivity contribution >= 4 is 85.4 Å². The Morgan fingerprint density at radius 3 is 2.10 bits per heavy atom. The van der Waals surface area contributed by atoms with Gasteiger partial charge in [0.15, 0.2) is 0 Å². The van der Waals surface area contributed by atoms with Crippen LogP contribution in [0.25, 0.3) is 16.6 Å². The number of nitrogens with one attached hydrogen (secondary N) is 5. The van der Waals surface area contributed by atoms with Gasteiger partial charge in [-0.05, 0) is 119 Å². The molecule has 2 aromatic heterocycles. The number of hydrogen-bond donors (Lipinski definition) is 5. The minimum atomic E-state index is -3.83. The Kier molecular flexibility index (Phi) is 13.5. The van der Waals surface area contributed by atoms with E-state index < -0.39 is 63.1 Å². The molecule has 0 aliphatic carbocycles. The van der Waals surface area contributed by atoms with Crippen LogP contribution in [0.4, 0.5) is 26.7 Å². The molecule has 5 aromatic rings. The second-order valence-electron chi connectivity index (χ2n) is 15.4. The quantitative estimate of drug-likeness (QED) is 0.0885. The molecule has 61 heavy (non-hydrogen) atoms. The molecule has 0 aliphatic heterocycles. The van der Waals surface area contributed by atoms with Crippen molar-refractivity contribution in [2.24, 2.45) is 0 Å². The second-order valence-corrected chi connectivity index (χ2v) is 17.8. The molecule has 1 unspecified atom stereocenters. The van der Waals surface area contributed by atoms with Crippen LogP contribution in [-0.2, 0) is 40.3 Å². The van der Waals surface area contributed by atoms with E-state index in [2.05, 4.69) is 36.8 Å². The lowest BCUT2D eigenvalue weighted by atomic mass is 10.0. The zero-order valence-electron chi connectivity index (χ0n) is 34.0. The van der Waals surface area contributed by atoms with Crippen molar-refractivity contribution in [1.29, 1.82) is 0 Å². The number of tetrazole rings is 1. The Balaban J connectivity index is 1.43. The van der Waals surface area contributed by atoms with E-state index in [0.29, 0.717) is 10.9 Å². The number of urea groups is 1. The summed E-state index contributed by atoms with van der Waals surface area (Å²) in [6.07, 6.45) is 0.244. The van der Waals surface area contributed by atoms with Crippen LogP contribution in [0.2, 0.25) is 5.02 Å². The van der Waals surface area contributed by atoms with Crippen molar-refractivity contribution < 1.29 is 46.7 Å². The molecular formula is C39H43ClN10O10S. The van der Waals surface area contributed by atoms with Crippen molar-refractivity contribution in [3.8, 4) is 5.69 Å². The van der Waals surface area contributed by atoms with Gasteiger partial charge in [-0.2, -0.15) is 4.68 Å². The summed E-state index contributed by atoms with van der Waals surface area (Å²) in [4.78, 5) is 79.7. The van der Waals surface area contributed by atoms with E-state index >= 15 is 0 Å². The lowest BCUT2D eigenvalue weighted by Gasteiger charge is -2.22. The predicted molar refractivity (Wildman–Crippen MR) is 224 cm³/mol. The van der Waals surface area contributed by atoms with Gasteiger partial charge in [0.2, 0.25) is 15.9 Å². The first kappa shape index (κ1) is 45.2. The maximum atomic E-state index is 14.0. The zero-order valence-corrected chi connectivity index (χ0v) is 35.6. The number of ether oxygens (including phenoxy) is 2. The van der Waals surface area contributed by atoms with Crippen LogP contribution in [0.1, 0.15) is 64.5 Å². The number of hydrogen-bond acceptors (Lipinski definition) is 13. The molecule has 5 rings (SSSR count). The Hall–Kier alpha value is -6.87. The van der Waals surface area contributed by atoms with Gasteiger partial charge in [0.1, 0.15) is 29.3 Å². The lowest BCUT2D eigenvalue weighted by molar-refractivity contribution is -0.137. The number of esters is 1. The molecule has 5 N–H and O–H groups in total. The SMILES string of the molecule is CCS(=O)(=O)NC(=O)Nc1ccc(CC(NC(=O)C(=O)Nc2cc(Cl)ccc2-n2cnnn2)C(=O)Nc2ccc3c(c2)cc(C(=O)OC(C)(C)C)n3C(=O)OC(C)(C)C)cc1. The van der Waals surface area contributed by atoms with E-state index in [1.54, 1.807) is 41.5 Å². The van der Waals surface area contributed by atoms with E-state index in [1.165, 1.54) is 84.7 Å². The molecule has 0 aliphatic rings. The first-order valence-corrected chi connectivity index (χ1v) is 20.5. The minimum absolute atomic E-state index is 0.0807. The van der Waals surface area contributed by atoms with Crippen molar-refractivity contribution in [3.63, 3.8) is 0 Å². The van der Waals surface area contributed by atoms with E-state index in [9.17, 15) is 37.2 Å².